The fraction of sp³-hybridized carbons (Fsp3) is 0.278. The van der Waals surface area contributed by atoms with E-state index in [4.69, 9.17) is 14.2 Å². The van der Waals surface area contributed by atoms with Gasteiger partial charge in [0.25, 0.3) is 5.91 Å². The number of nitrogens with one attached hydrogen (secondary N) is 1. The molecule has 1 aliphatic rings. The Morgan fingerprint density at radius 2 is 1.88 bits per heavy atom. The second-order valence-electron chi connectivity index (χ2n) is 5.36. The molecule has 3 rings (SSSR count). The maximum absolute atomic E-state index is 12.1. The number of carbonyl (C=O) groups excluding carboxylic acids is 1. The van der Waals surface area contributed by atoms with E-state index in [0.717, 1.165) is 0 Å². The first-order valence-electron chi connectivity index (χ1n) is 7.67. The normalized spacial score (nSPS) is 13.9. The Morgan fingerprint density at radius 3 is 2.58 bits per heavy atom. The number of hydrogen-bond acceptors (Lipinski definition) is 5. The molecule has 24 heavy (non-hydrogen) atoms. The summed E-state index contributed by atoms with van der Waals surface area (Å²) in [4.78, 5) is 12.1. The van der Waals surface area contributed by atoms with Crippen LogP contribution in [0, 0.1) is 0 Å². The molecule has 2 aromatic carbocycles. The van der Waals surface area contributed by atoms with Crippen molar-refractivity contribution >= 4 is 5.91 Å². The van der Waals surface area contributed by atoms with Gasteiger partial charge in [-0.05, 0) is 42.0 Å². The van der Waals surface area contributed by atoms with E-state index < -0.39 is 6.10 Å². The lowest BCUT2D eigenvalue weighted by Crippen LogP contribution is -2.28. The maximum Gasteiger partial charge on any atom is 0.251 e. The molecule has 0 aromatic heterocycles. The van der Waals surface area contributed by atoms with Crippen molar-refractivity contribution < 1.29 is 24.1 Å². The zero-order valence-electron chi connectivity index (χ0n) is 13.3. The van der Waals surface area contributed by atoms with Crippen molar-refractivity contribution in [3.8, 4) is 17.2 Å². The Balaban J connectivity index is 1.60. The summed E-state index contributed by atoms with van der Waals surface area (Å²) in [5.41, 5.74) is 1.17. The molecule has 1 aliphatic heterocycles. The van der Waals surface area contributed by atoms with Gasteiger partial charge < -0.3 is 24.6 Å². The minimum absolute atomic E-state index is 0.102. The van der Waals surface area contributed by atoms with Crippen molar-refractivity contribution in [3.63, 3.8) is 0 Å². The van der Waals surface area contributed by atoms with Gasteiger partial charge in [-0.15, -0.1) is 0 Å². The molecule has 2 aromatic rings. The van der Waals surface area contributed by atoms with Crippen LogP contribution < -0.4 is 19.5 Å². The summed E-state index contributed by atoms with van der Waals surface area (Å²) < 4.78 is 16.0. The van der Waals surface area contributed by atoms with Gasteiger partial charge in [-0.2, -0.15) is 0 Å². The number of methoxy groups -OCH3 is 1. The summed E-state index contributed by atoms with van der Waals surface area (Å²) in [6, 6.07) is 12.0. The first-order valence-corrected chi connectivity index (χ1v) is 7.67. The Morgan fingerprint density at radius 1 is 1.17 bits per heavy atom. The van der Waals surface area contributed by atoms with Crippen molar-refractivity contribution in [2.45, 2.75) is 6.10 Å². The number of benzene rings is 2. The van der Waals surface area contributed by atoms with Crippen LogP contribution in [0.3, 0.4) is 0 Å². The molecule has 0 spiro atoms. The Kier molecular flexibility index (Phi) is 4.86. The lowest BCUT2D eigenvalue weighted by Gasteiger charge is -2.20. The van der Waals surface area contributed by atoms with Gasteiger partial charge in [-0.3, -0.25) is 4.79 Å². The van der Waals surface area contributed by atoms with Crippen LogP contribution in [0.15, 0.2) is 42.5 Å². The monoisotopic (exact) mass is 329 g/mol. The largest absolute Gasteiger partial charge is 0.497 e. The van der Waals surface area contributed by atoms with Crippen molar-refractivity contribution in [3.05, 3.63) is 53.6 Å². The fourth-order valence-electron chi connectivity index (χ4n) is 2.42. The molecule has 1 heterocycles. The van der Waals surface area contributed by atoms with Crippen LogP contribution in [-0.2, 0) is 0 Å². The van der Waals surface area contributed by atoms with E-state index in [1.54, 1.807) is 49.6 Å². The Hall–Kier alpha value is -2.73. The summed E-state index contributed by atoms with van der Waals surface area (Å²) in [5.74, 6) is 1.70. The molecule has 126 valence electrons. The Bertz CT molecular complexity index is 714. The first-order chi connectivity index (χ1) is 11.7. The van der Waals surface area contributed by atoms with Gasteiger partial charge in [0.1, 0.15) is 19.0 Å². The number of carbonyl (C=O) groups is 1. The van der Waals surface area contributed by atoms with E-state index >= 15 is 0 Å². The van der Waals surface area contributed by atoms with E-state index in [1.165, 1.54) is 0 Å². The van der Waals surface area contributed by atoms with E-state index in [2.05, 4.69) is 5.32 Å². The van der Waals surface area contributed by atoms with Crippen LogP contribution in [0.5, 0.6) is 17.2 Å². The molecule has 0 bridgehead atoms. The fourth-order valence-corrected chi connectivity index (χ4v) is 2.42. The molecule has 1 atom stereocenters. The molecule has 1 unspecified atom stereocenters. The zero-order valence-corrected chi connectivity index (χ0v) is 13.3. The summed E-state index contributed by atoms with van der Waals surface area (Å²) in [6.45, 7) is 1.11. The highest BCUT2D eigenvalue weighted by molar-refractivity contribution is 5.94. The number of amides is 1. The van der Waals surface area contributed by atoms with Crippen LogP contribution in [0.1, 0.15) is 22.0 Å². The summed E-state index contributed by atoms with van der Waals surface area (Å²) in [7, 11) is 1.57. The summed E-state index contributed by atoms with van der Waals surface area (Å²) in [5, 5.41) is 13.0. The molecule has 0 saturated carbocycles. The number of aliphatic hydroxyl groups is 1. The third-order valence-electron chi connectivity index (χ3n) is 3.76. The van der Waals surface area contributed by atoms with Gasteiger partial charge in [-0.25, -0.2) is 0 Å². The second-order valence-corrected chi connectivity index (χ2v) is 5.36. The topological polar surface area (TPSA) is 77.0 Å². The van der Waals surface area contributed by atoms with E-state index in [1.807, 2.05) is 0 Å². The standard InChI is InChI=1S/C18H19NO5/c1-22-14-5-2-12(3-6-14)18(21)19-11-15(20)13-4-7-16-17(10-13)24-9-8-23-16/h2-7,10,15,20H,8-9,11H2,1H3,(H,19,21). The van der Waals surface area contributed by atoms with Crippen LogP contribution in [0.2, 0.25) is 0 Å². The van der Waals surface area contributed by atoms with Crippen molar-refractivity contribution in [1.82, 2.24) is 5.32 Å². The maximum atomic E-state index is 12.1. The van der Waals surface area contributed by atoms with Crippen LogP contribution >= 0.6 is 0 Å². The van der Waals surface area contributed by atoms with E-state index in [-0.39, 0.29) is 12.5 Å². The molecule has 0 radical (unpaired) electrons. The average Bonchev–Trinajstić information content (AvgIpc) is 2.65. The SMILES string of the molecule is COc1ccc(C(=O)NCC(O)c2ccc3c(c2)OCCO3)cc1. The van der Waals surface area contributed by atoms with Gasteiger partial charge in [0.15, 0.2) is 11.5 Å². The smallest absolute Gasteiger partial charge is 0.251 e. The summed E-state index contributed by atoms with van der Waals surface area (Å²) >= 11 is 0. The predicted octanol–water partition coefficient (Wildman–Crippen LogP) is 1.93. The zero-order chi connectivity index (χ0) is 16.9. The highest BCUT2D eigenvalue weighted by Gasteiger charge is 2.16. The number of fused-ring (bicyclic) bond motifs is 1. The quantitative estimate of drug-likeness (QED) is 0.876. The molecule has 0 aliphatic carbocycles. The third-order valence-corrected chi connectivity index (χ3v) is 3.76. The molecule has 0 saturated heterocycles. The van der Waals surface area contributed by atoms with Crippen LogP contribution in [0.4, 0.5) is 0 Å². The molecular weight excluding hydrogens is 310 g/mol. The molecule has 2 N–H and O–H groups in total. The molecule has 0 fully saturated rings. The average molecular weight is 329 g/mol. The molecule has 6 nitrogen and oxygen atoms in total. The number of aliphatic hydroxyl groups excluding tert-OH is 1. The molecule has 1 amide bonds. The number of ether oxygens (including phenoxy) is 3. The predicted molar refractivity (Wildman–Crippen MR) is 87.7 cm³/mol. The van der Waals surface area contributed by atoms with Crippen molar-refractivity contribution in [2.24, 2.45) is 0 Å². The lowest BCUT2D eigenvalue weighted by atomic mass is 10.1. The van der Waals surface area contributed by atoms with Crippen LogP contribution in [0.25, 0.3) is 0 Å². The molecule has 6 heteroatoms. The lowest BCUT2D eigenvalue weighted by molar-refractivity contribution is 0.0916. The second kappa shape index (κ2) is 7.23. The third kappa shape index (κ3) is 3.60. The van der Waals surface area contributed by atoms with Gasteiger partial charge in [0.2, 0.25) is 0 Å². The minimum atomic E-state index is -0.831. The Labute approximate surface area is 140 Å². The van der Waals surface area contributed by atoms with Gasteiger partial charge >= 0.3 is 0 Å². The van der Waals surface area contributed by atoms with Crippen LogP contribution in [-0.4, -0.2) is 37.9 Å². The van der Waals surface area contributed by atoms with E-state index in [9.17, 15) is 9.90 Å². The van der Waals surface area contributed by atoms with Gasteiger partial charge in [-0.1, -0.05) is 6.07 Å². The summed E-state index contributed by atoms with van der Waals surface area (Å²) in [6.07, 6.45) is -0.831. The van der Waals surface area contributed by atoms with Crippen molar-refractivity contribution in [1.29, 1.82) is 0 Å². The van der Waals surface area contributed by atoms with Gasteiger partial charge in [0.05, 0.1) is 13.2 Å². The number of hydrogen-bond donors (Lipinski definition) is 2. The first kappa shape index (κ1) is 16.1. The van der Waals surface area contributed by atoms with Crippen molar-refractivity contribution in [2.75, 3.05) is 26.9 Å². The number of rotatable bonds is 5. The highest BCUT2D eigenvalue weighted by atomic mass is 16.6. The minimum Gasteiger partial charge on any atom is -0.497 e. The van der Waals surface area contributed by atoms with E-state index in [0.29, 0.717) is 41.6 Å². The van der Waals surface area contributed by atoms with Gasteiger partial charge in [0, 0.05) is 12.1 Å². The molecular formula is C18H19NO5. The highest BCUT2D eigenvalue weighted by Crippen LogP contribution is 2.32.